The van der Waals surface area contributed by atoms with Crippen LogP contribution in [0.4, 0.5) is 0 Å². The van der Waals surface area contributed by atoms with Gasteiger partial charge in [0.15, 0.2) is 0 Å². The zero-order valence-corrected chi connectivity index (χ0v) is 11.7. The summed E-state index contributed by atoms with van der Waals surface area (Å²) in [5.41, 5.74) is 2.60. The second-order valence-corrected chi connectivity index (χ2v) is 4.84. The zero-order valence-electron chi connectivity index (χ0n) is 11.7. The maximum atomic E-state index is 5.89. The summed E-state index contributed by atoms with van der Waals surface area (Å²) >= 11 is 0. The van der Waals surface area contributed by atoms with E-state index in [0.717, 1.165) is 6.61 Å². The summed E-state index contributed by atoms with van der Waals surface area (Å²) in [6, 6.07) is 8.90. The average Bonchev–Trinajstić information content (AvgIpc) is 2.29. The second kappa shape index (κ2) is 6.77. The minimum absolute atomic E-state index is 0.215. The van der Waals surface area contributed by atoms with Gasteiger partial charge in [0.1, 0.15) is 0 Å². The van der Waals surface area contributed by atoms with Crippen LogP contribution >= 0.6 is 0 Å². The van der Waals surface area contributed by atoms with Crippen LogP contribution in [0.1, 0.15) is 37.9 Å². The van der Waals surface area contributed by atoms with E-state index in [1.165, 1.54) is 11.1 Å². The van der Waals surface area contributed by atoms with Crippen molar-refractivity contribution in [2.24, 2.45) is 5.92 Å². The first-order valence-electron chi connectivity index (χ1n) is 6.45. The van der Waals surface area contributed by atoms with Crippen molar-refractivity contribution in [3.63, 3.8) is 0 Å². The molecule has 0 amide bonds. The Hall–Kier alpha value is -0.860. The lowest BCUT2D eigenvalue weighted by molar-refractivity contribution is 0.00459. The Morgan fingerprint density at radius 3 is 2.47 bits per heavy atom. The third-order valence-corrected chi connectivity index (χ3v) is 3.06. The summed E-state index contributed by atoms with van der Waals surface area (Å²) in [5, 5.41) is 3.39. The van der Waals surface area contributed by atoms with Crippen LogP contribution in [-0.2, 0) is 4.74 Å². The standard InChI is InChI=1S/C15H25NO/c1-6-17-15(11(2)3)14(16-5)13-9-7-8-12(4)10-13/h7-11,14-16H,6H2,1-5H3. The van der Waals surface area contributed by atoms with Gasteiger partial charge in [0.05, 0.1) is 12.1 Å². The number of hydrogen-bond donors (Lipinski definition) is 1. The summed E-state index contributed by atoms with van der Waals surface area (Å²) in [6.45, 7) is 9.35. The van der Waals surface area contributed by atoms with Gasteiger partial charge in [-0.3, -0.25) is 0 Å². The van der Waals surface area contributed by atoms with Gasteiger partial charge in [0.25, 0.3) is 0 Å². The van der Waals surface area contributed by atoms with E-state index in [-0.39, 0.29) is 12.1 Å². The molecule has 1 N–H and O–H groups in total. The maximum Gasteiger partial charge on any atom is 0.0792 e. The molecule has 96 valence electrons. The Morgan fingerprint density at radius 1 is 1.29 bits per heavy atom. The van der Waals surface area contributed by atoms with Crippen molar-refractivity contribution in [2.45, 2.75) is 39.8 Å². The molecule has 1 rings (SSSR count). The smallest absolute Gasteiger partial charge is 0.0792 e. The first-order valence-corrected chi connectivity index (χ1v) is 6.45. The number of likely N-dealkylation sites (N-methyl/N-ethyl adjacent to an activating group) is 1. The lowest BCUT2D eigenvalue weighted by Crippen LogP contribution is -2.35. The predicted molar refractivity (Wildman–Crippen MR) is 73.2 cm³/mol. The highest BCUT2D eigenvalue weighted by molar-refractivity contribution is 5.26. The lowest BCUT2D eigenvalue weighted by Gasteiger charge is -2.30. The van der Waals surface area contributed by atoms with E-state index in [0.29, 0.717) is 5.92 Å². The van der Waals surface area contributed by atoms with Crippen LogP contribution in [0.3, 0.4) is 0 Å². The SMILES string of the molecule is CCOC(C(C)C)C(NC)c1cccc(C)c1. The minimum Gasteiger partial charge on any atom is -0.376 e. The molecule has 2 nitrogen and oxygen atoms in total. The van der Waals surface area contributed by atoms with Gasteiger partial charge in [-0.25, -0.2) is 0 Å². The molecule has 0 fully saturated rings. The molecule has 2 heteroatoms. The van der Waals surface area contributed by atoms with E-state index >= 15 is 0 Å². The van der Waals surface area contributed by atoms with Crippen molar-refractivity contribution in [3.05, 3.63) is 35.4 Å². The molecule has 0 spiro atoms. The summed E-state index contributed by atoms with van der Waals surface area (Å²) in [5.74, 6) is 0.493. The Kier molecular flexibility index (Phi) is 5.66. The van der Waals surface area contributed by atoms with Gasteiger partial charge in [-0.05, 0) is 32.4 Å². The predicted octanol–water partition coefficient (Wildman–Crippen LogP) is 3.32. The minimum atomic E-state index is 0.215. The van der Waals surface area contributed by atoms with Crippen LogP contribution in [0.15, 0.2) is 24.3 Å². The fourth-order valence-corrected chi connectivity index (χ4v) is 2.25. The molecule has 0 radical (unpaired) electrons. The molecule has 0 aliphatic carbocycles. The highest BCUT2D eigenvalue weighted by Crippen LogP contribution is 2.25. The van der Waals surface area contributed by atoms with Crippen molar-refractivity contribution in [3.8, 4) is 0 Å². The molecule has 0 bridgehead atoms. The topological polar surface area (TPSA) is 21.3 Å². The Balaban J connectivity index is 2.95. The Bertz CT molecular complexity index is 335. The summed E-state index contributed by atoms with van der Waals surface area (Å²) in [6.07, 6.45) is 0.215. The van der Waals surface area contributed by atoms with Gasteiger partial charge < -0.3 is 10.1 Å². The summed E-state index contributed by atoms with van der Waals surface area (Å²) < 4.78 is 5.89. The Labute approximate surface area is 105 Å². The molecular weight excluding hydrogens is 210 g/mol. The fraction of sp³-hybridized carbons (Fsp3) is 0.600. The zero-order chi connectivity index (χ0) is 12.8. The second-order valence-electron chi connectivity index (χ2n) is 4.84. The number of ether oxygens (including phenoxy) is 1. The molecule has 0 aliphatic rings. The average molecular weight is 235 g/mol. The van der Waals surface area contributed by atoms with Gasteiger partial charge >= 0.3 is 0 Å². The molecular formula is C15H25NO. The molecule has 2 unspecified atom stereocenters. The van der Waals surface area contributed by atoms with Gasteiger partial charge in [-0.2, -0.15) is 0 Å². The highest BCUT2D eigenvalue weighted by Gasteiger charge is 2.25. The quantitative estimate of drug-likeness (QED) is 0.816. The van der Waals surface area contributed by atoms with Crippen LogP contribution in [0.2, 0.25) is 0 Å². The molecule has 0 heterocycles. The molecule has 2 atom stereocenters. The van der Waals surface area contributed by atoms with Gasteiger partial charge in [0, 0.05) is 6.61 Å². The normalized spacial score (nSPS) is 14.9. The van der Waals surface area contributed by atoms with E-state index in [1.807, 2.05) is 7.05 Å². The van der Waals surface area contributed by atoms with E-state index in [1.54, 1.807) is 0 Å². The number of rotatable bonds is 6. The van der Waals surface area contributed by atoms with Crippen LogP contribution in [-0.4, -0.2) is 19.8 Å². The van der Waals surface area contributed by atoms with E-state index in [9.17, 15) is 0 Å². The molecule has 0 aromatic heterocycles. The third kappa shape index (κ3) is 3.83. The Morgan fingerprint density at radius 2 is 2.00 bits per heavy atom. The first kappa shape index (κ1) is 14.2. The van der Waals surface area contributed by atoms with Crippen molar-refractivity contribution in [1.82, 2.24) is 5.32 Å². The number of nitrogens with one attached hydrogen (secondary N) is 1. The number of hydrogen-bond acceptors (Lipinski definition) is 2. The molecule has 1 aromatic carbocycles. The fourth-order valence-electron chi connectivity index (χ4n) is 2.25. The van der Waals surface area contributed by atoms with E-state index < -0.39 is 0 Å². The van der Waals surface area contributed by atoms with Crippen molar-refractivity contribution < 1.29 is 4.74 Å². The van der Waals surface area contributed by atoms with E-state index in [2.05, 4.69) is 57.3 Å². The van der Waals surface area contributed by atoms with Crippen molar-refractivity contribution in [2.75, 3.05) is 13.7 Å². The lowest BCUT2D eigenvalue weighted by atomic mass is 9.93. The highest BCUT2D eigenvalue weighted by atomic mass is 16.5. The maximum absolute atomic E-state index is 5.89. The molecule has 17 heavy (non-hydrogen) atoms. The van der Waals surface area contributed by atoms with Gasteiger partial charge in [-0.15, -0.1) is 0 Å². The van der Waals surface area contributed by atoms with Crippen LogP contribution in [0.5, 0.6) is 0 Å². The number of benzene rings is 1. The monoisotopic (exact) mass is 235 g/mol. The van der Waals surface area contributed by atoms with Gasteiger partial charge in [-0.1, -0.05) is 43.7 Å². The van der Waals surface area contributed by atoms with Crippen LogP contribution in [0.25, 0.3) is 0 Å². The van der Waals surface area contributed by atoms with Crippen LogP contribution < -0.4 is 5.32 Å². The molecule has 0 saturated carbocycles. The largest absolute Gasteiger partial charge is 0.376 e. The molecule has 0 saturated heterocycles. The molecule has 0 aliphatic heterocycles. The summed E-state index contributed by atoms with van der Waals surface area (Å²) in [4.78, 5) is 0. The van der Waals surface area contributed by atoms with Crippen molar-refractivity contribution >= 4 is 0 Å². The summed E-state index contributed by atoms with van der Waals surface area (Å²) in [7, 11) is 2.00. The first-order chi connectivity index (χ1) is 8.10. The van der Waals surface area contributed by atoms with E-state index in [4.69, 9.17) is 4.74 Å². The number of aryl methyl sites for hydroxylation is 1. The third-order valence-electron chi connectivity index (χ3n) is 3.06. The van der Waals surface area contributed by atoms with Crippen molar-refractivity contribution in [1.29, 1.82) is 0 Å². The van der Waals surface area contributed by atoms with Crippen LogP contribution in [0, 0.1) is 12.8 Å². The molecule has 1 aromatic rings. The van der Waals surface area contributed by atoms with Gasteiger partial charge in [0.2, 0.25) is 0 Å².